The van der Waals surface area contributed by atoms with Crippen LogP contribution in [0.5, 0.6) is 11.6 Å². The van der Waals surface area contributed by atoms with Crippen molar-refractivity contribution in [3.8, 4) is 11.6 Å². The Hall–Kier alpha value is -1.59. The van der Waals surface area contributed by atoms with Crippen molar-refractivity contribution in [3.05, 3.63) is 51.1 Å². The van der Waals surface area contributed by atoms with E-state index < -0.39 is 5.97 Å². The summed E-state index contributed by atoms with van der Waals surface area (Å²) in [6.45, 7) is 1.98. The number of benzene rings is 1. The number of carbonyl (C=O) groups is 1. The largest absolute Gasteiger partial charge is 0.477 e. The van der Waals surface area contributed by atoms with E-state index in [0.717, 1.165) is 12.0 Å². The molecule has 2 rings (SSSR count). The SMILES string of the molecule is CCc1cc(Oc2ncc(Br)cc2C(=O)O)ccc1Cl. The van der Waals surface area contributed by atoms with E-state index in [2.05, 4.69) is 20.9 Å². The van der Waals surface area contributed by atoms with Crippen LogP contribution in [0.3, 0.4) is 0 Å². The second-order valence-corrected chi connectivity index (χ2v) is 5.34. The summed E-state index contributed by atoms with van der Waals surface area (Å²) >= 11 is 9.21. The van der Waals surface area contributed by atoms with Crippen LogP contribution in [0.1, 0.15) is 22.8 Å². The second kappa shape index (κ2) is 6.24. The Bertz CT molecular complexity index is 661. The topological polar surface area (TPSA) is 59.4 Å². The lowest BCUT2D eigenvalue weighted by atomic mass is 10.1. The molecule has 0 radical (unpaired) electrons. The van der Waals surface area contributed by atoms with Crippen LogP contribution in [0.25, 0.3) is 0 Å². The summed E-state index contributed by atoms with van der Waals surface area (Å²) in [4.78, 5) is 15.2. The minimum Gasteiger partial charge on any atom is -0.477 e. The lowest BCUT2D eigenvalue weighted by Crippen LogP contribution is -2.02. The monoisotopic (exact) mass is 355 g/mol. The zero-order chi connectivity index (χ0) is 14.7. The molecule has 20 heavy (non-hydrogen) atoms. The summed E-state index contributed by atoms with van der Waals surface area (Å²) in [6, 6.07) is 6.62. The van der Waals surface area contributed by atoms with E-state index in [-0.39, 0.29) is 11.4 Å². The minimum absolute atomic E-state index is 0.00706. The molecule has 0 bridgehead atoms. The molecule has 4 nitrogen and oxygen atoms in total. The average Bonchev–Trinajstić information content (AvgIpc) is 2.42. The molecular weight excluding hydrogens is 346 g/mol. The summed E-state index contributed by atoms with van der Waals surface area (Å²) in [5, 5.41) is 9.81. The molecule has 0 aliphatic rings. The van der Waals surface area contributed by atoms with E-state index >= 15 is 0 Å². The van der Waals surface area contributed by atoms with Gasteiger partial charge in [0.15, 0.2) is 0 Å². The number of pyridine rings is 1. The van der Waals surface area contributed by atoms with Gasteiger partial charge >= 0.3 is 5.97 Å². The molecule has 0 atom stereocenters. The highest BCUT2D eigenvalue weighted by atomic mass is 79.9. The number of rotatable bonds is 4. The Labute approximate surface area is 129 Å². The first-order chi connectivity index (χ1) is 9.51. The maximum absolute atomic E-state index is 11.2. The Morgan fingerprint density at radius 2 is 2.20 bits per heavy atom. The van der Waals surface area contributed by atoms with Crippen molar-refractivity contribution in [2.75, 3.05) is 0 Å². The summed E-state index contributed by atoms with van der Waals surface area (Å²) < 4.78 is 6.13. The highest BCUT2D eigenvalue weighted by Crippen LogP contribution is 2.28. The van der Waals surface area contributed by atoms with Crippen LogP contribution in [0, 0.1) is 0 Å². The van der Waals surface area contributed by atoms with Gasteiger partial charge in [0.2, 0.25) is 5.88 Å². The summed E-state index contributed by atoms with van der Waals surface area (Å²) in [6.07, 6.45) is 2.24. The first-order valence-corrected chi connectivity index (χ1v) is 7.03. The predicted octanol–water partition coefficient (Wildman–Crippen LogP) is 4.55. The minimum atomic E-state index is -1.10. The molecule has 0 saturated heterocycles. The molecule has 1 aromatic heterocycles. The Balaban J connectivity index is 2.37. The Morgan fingerprint density at radius 1 is 1.45 bits per heavy atom. The number of hydrogen-bond acceptors (Lipinski definition) is 3. The fourth-order valence-corrected chi connectivity index (χ4v) is 2.24. The molecule has 1 heterocycles. The van der Waals surface area contributed by atoms with Crippen LogP contribution in [-0.2, 0) is 6.42 Å². The fraction of sp³-hybridized carbons (Fsp3) is 0.143. The highest BCUT2D eigenvalue weighted by molar-refractivity contribution is 9.10. The van der Waals surface area contributed by atoms with Gasteiger partial charge in [-0.15, -0.1) is 0 Å². The van der Waals surface area contributed by atoms with Gasteiger partial charge in [-0.05, 0) is 52.2 Å². The van der Waals surface area contributed by atoms with Crippen LogP contribution in [0.15, 0.2) is 34.9 Å². The van der Waals surface area contributed by atoms with Crippen molar-refractivity contribution >= 4 is 33.5 Å². The average molecular weight is 357 g/mol. The molecular formula is C14H11BrClNO3. The van der Waals surface area contributed by atoms with Crippen LogP contribution >= 0.6 is 27.5 Å². The molecule has 0 aliphatic heterocycles. The standard InChI is InChI=1S/C14H11BrClNO3/c1-2-8-5-10(3-4-12(8)16)20-13-11(14(18)19)6-9(15)7-17-13/h3-7H,2H2,1H3,(H,18,19). The number of aromatic nitrogens is 1. The van der Waals surface area contributed by atoms with Gasteiger partial charge < -0.3 is 9.84 Å². The molecule has 0 spiro atoms. The normalized spacial score (nSPS) is 10.3. The van der Waals surface area contributed by atoms with Gasteiger partial charge in [0.25, 0.3) is 0 Å². The van der Waals surface area contributed by atoms with E-state index in [9.17, 15) is 4.79 Å². The quantitative estimate of drug-likeness (QED) is 0.873. The first-order valence-electron chi connectivity index (χ1n) is 5.86. The number of halogens is 2. The Kier molecular flexibility index (Phi) is 4.62. The highest BCUT2D eigenvalue weighted by Gasteiger charge is 2.14. The van der Waals surface area contributed by atoms with Crippen LogP contribution in [0.2, 0.25) is 5.02 Å². The summed E-state index contributed by atoms with van der Waals surface area (Å²) in [5.74, 6) is -0.549. The van der Waals surface area contributed by atoms with Crippen LogP contribution in [0.4, 0.5) is 0 Å². The van der Waals surface area contributed by atoms with Crippen molar-refractivity contribution in [1.82, 2.24) is 4.98 Å². The van der Waals surface area contributed by atoms with Crippen molar-refractivity contribution < 1.29 is 14.6 Å². The summed E-state index contributed by atoms with van der Waals surface area (Å²) in [5.41, 5.74) is 0.922. The molecule has 0 amide bonds. The van der Waals surface area contributed by atoms with Gasteiger partial charge in [0.05, 0.1) is 0 Å². The van der Waals surface area contributed by atoms with Crippen molar-refractivity contribution in [2.24, 2.45) is 0 Å². The number of aromatic carboxylic acids is 1. The molecule has 0 saturated carbocycles. The van der Waals surface area contributed by atoms with Crippen molar-refractivity contribution in [2.45, 2.75) is 13.3 Å². The number of carboxylic acids is 1. The number of carboxylic acid groups (broad SMARTS) is 1. The third-order valence-corrected chi connectivity index (χ3v) is 3.46. The molecule has 6 heteroatoms. The number of hydrogen-bond donors (Lipinski definition) is 1. The van der Waals surface area contributed by atoms with E-state index in [1.54, 1.807) is 18.2 Å². The van der Waals surface area contributed by atoms with Gasteiger partial charge in [-0.1, -0.05) is 18.5 Å². The lowest BCUT2D eigenvalue weighted by Gasteiger charge is -2.09. The van der Waals surface area contributed by atoms with Crippen LogP contribution in [-0.4, -0.2) is 16.1 Å². The zero-order valence-electron chi connectivity index (χ0n) is 10.6. The van der Waals surface area contributed by atoms with E-state index in [1.165, 1.54) is 12.3 Å². The predicted molar refractivity (Wildman–Crippen MR) is 79.8 cm³/mol. The second-order valence-electron chi connectivity index (χ2n) is 4.02. The summed E-state index contributed by atoms with van der Waals surface area (Å²) in [7, 11) is 0. The van der Waals surface area contributed by atoms with E-state index in [4.69, 9.17) is 21.4 Å². The maximum Gasteiger partial charge on any atom is 0.341 e. The van der Waals surface area contributed by atoms with Crippen molar-refractivity contribution in [3.63, 3.8) is 0 Å². The lowest BCUT2D eigenvalue weighted by molar-refractivity contribution is 0.0693. The van der Waals surface area contributed by atoms with Crippen LogP contribution < -0.4 is 4.74 Å². The molecule has 2 aromatic rings. The van der Waals surface area contributed by atoms with Gasteiger partial charge in [-0.3, -0.25) is 0 Å². The fourth-order valence-electron chi connectivity index (χ4n) is 1.66. The maximum atomic E-state index is 11.2. The van der Waals surface area contributed by atoms with E-state index in [0.29, 0.717) is 15.2 Å². The smallest absolute Gasteiger partial charge is 0.341 e. The van der Waals surface area contributed by atoms with Crippen molar-refractivity contribution in [1.29, 1.82) is 0 Å². The molecule has 104 valence electrons. The third kappa shape index (κ3) is 3.29. The number of nitrogens with zero attached hydrogens (tertiary/aromatic N) is 1. The molecule has 1 aromatic carbocycles. The zero-order valence-corrected chi connectivity index (χ0v) is 12.9. The molecule has 1 N–H and O–H groups in total. The Morgan fingerprint density at radius 3 is 2.85 bits per heavy atom. The number of ether oxygens (including phenoxy) is 1. The van der Waals surface area contributed by atoms with E-state index in [1.807, 2.05) is 6.92 Å². The molecule has 0 fully saturated rings. The number of aryl methyl sites for hydroxylation is 1. The first kappa shape index (κ1) is 14.8. The van der Waals surface area contributed by atoms with Gasteiger partial charge in [-0.2, -0.15) is 0 Å². The molecule has 0 unspecified atom stereocenters. The van der Waals surface area contributed by atoms with Gasteiger partial charge in [0.1, 0.15) is 11.3 Å². The molecule has 0 aliphatic carbocycles. The third-order valence-electron chi connectivity index (χ3n) is 2.66. The van der Waals surface area contributed by atoms with Gasteiger partial charge in [-0.25, -0.2) is 9.78 Å². The van der Waals surface area contributed by atoms with Gasteiger partial charge in [0, 0.05) is 15.7 Å².